The van der Waals surface area contributed by atoms with Gasteiger partial charge in [0, 0.05) is 17.2 Å². The molecule has 0 aromatic heterocycles. The molecule has 1 atom stereocenters. The number of nitro groups is 1. The van der Waals surface area contributed by atoms with E-state index in [0.29, 0.717) is 10.6 Å². The van der Waals surface area contributed by atoms with E-state index in [0.717, 1.165) is 0 Å². The Labute approximate surface area is 101 Å². The number of benzene rings is 1. The first-order valence-corrected chi connectivity index (χ1v) is 5.09. The number of nitrogens with two attached hydrogens (primary N) is 1. The molecule has 0 saturated heterocycles. The number of rotatable bonds is 4. The van der Waals surface area contributed by atoms with E-state index in [-0.39, 0.29) is 12.1 Å². The van der Waals surface area contributed by atoms with Crippen molar-refractivity contribution in [1.82, 2.24) is 0 Å². The first-order valence-electron chi connectivity index (χ1n) is 4.28. The topological polar surface area (TPSA) is 86.2 Å². The second-order valence-electron chi connectivity index (χ2n) is 3.11. The maximum Gasteiger partial charge on any atom is 0.269 e. The molecular formula is C9H8Cl2N2O3. The largest absolute Gasteiger partial charge is 0.368 e. The number of amides is 1. The number of carbonyl (C=O) groups is 1. The molecular weight excluding hydrogens is 255 g/mol. The summed E-state index contributed by atoms with van der Waals surface area (Å²) in [4.78, 5) is 20.7. The molecule has 0 aliphatic heterocycles. The van der Waals surface area contributed by atoms with E-state index in [2.05, 4.69) is 0 Å². The number of hydrogen-bond donors (Lipinski definition) is 1. The second-order valence-corrected chi connectivity index (χ2v) is 4.04. The van der Waals surface area contributed by atoms with Gasteiger partial charge in [-0.25, -0.2) is 0 Å². The number of primary amides is 1. The molecule has 0 aliphatic rings. The Morgan fingerprint density at radius 1 is 1.56 bits per heavy atom. The molecule has 0 fully saturated rings. The molecule has 1 aromatic carbocycles. The smallest absolute Gasteiger partial charge is 0.269 e. The predicted octanol–water partition coefficient (Wildman–Crippen LogP) is 1.88. The van der Waals surface area contributed by atoms with Crippen molar-refractivity contribution in [1.29, 1.82) is 0 Å². The van der Waals surface area contributed by atoms with Crippen LogP contribution in [-0.4, -0.2) is 16.2 Å². The van der Waals surface area contributed by atoms with Gasteiger partial charge in [-0.3, -0.25) is 14.9 Å². The summed E-state index contributed by atoms with van der Waals surface area (Å²) in [5.74, 6) is -0.691. The van der Waals surface area contributed by atoms with Crippen LogP contribution in [0.1, 0.15) is 5.56 Å². The summed E-state index contributed by atoms with van der Waals surface area (Å²) in [5.41, 5.74) is 5.31. The van der Waals surface area contributed by atoms with Crippen LogP contribution in [0.15, 0.2) is 18.2 Å². The number of nitrogens with zero attached hydrogens (tertiary/aromatic N) is 1. The Balaban J connectivity index is 2.98. The van der Waals surface area contributed by atoms with Crippen molar-refractivity contribution in [3.05, 3.63) is 38.9 Å². The van der Waals surface area contributed by atoms with Crippen molar-refractivity contribution in [2.75, 3.05) is 0 Å². The van der Waals surface area contributed by atoms with Gasteiger partial charge in [0.2, 0.25) is 5.91 Å². The molecule has 0 radical (unpaired) electrons. The quantitative estimate of drug-likeness (QED) is 0.511. The molecule has 1 amide bonds. The Kier molecular flexibility index (Phi) is 4.09. The third kappa shape index (κ3) is 3.08. The van der Waals surface area contributed by atoms with Crippen LogP contribution in [0.4, 0.5) is 5.69 Å². The van der Waals surface area contributed by atoms with Crippen LogP contribution in [0.2, 0.25) is 5.02 Å². The fraction of sp³-hybridized carbons (Fsp3) is 0.222. The molecule has 0 saturated carbocycles. The third-order valence-corrected chi connectivity index (χ3v) is 2.69. The van der Waals surface area contributed by atoms with Crippen LogP contribution < -0.4 is 5.73 Å². The minimum Gasteiger partial charge on any atom is -0.368 e. The van der Waals surface area contributed by atoms with Gasteiger partial charge < -0.3 is 5.73 Å². The van der Waals surface area contributed by atoms with Crippen molar-refractivity contribution in [2.24, 2.45) is 5.73 Å². The van der Waals surface area contributed by atoms with Crippen molar-refractivity contribution in [3.8, 4) is 0 Å². The van der Waals surface area contributed by atoms with Gasteiger partial charge in [-0.15, -0.1) is 11.6 Å². The fourth-order valence-electron chi connectivity index (χ4n) is 1.12. The van der Waals surface area contributed by atoms with Gasteiger partial charge in [0.05, 0.1) is 4.92 Å². The zero-order chi connectivity index (χ0) is 12.3. The van der Waals surface area contributed by atoms with Gasteiger partial charge >= 0.3 is 0 Å². The van der Waals surface area contributed by atoms with Gasteiger partial charge in [-0.05, 0) is 18.1 Å². The lowest BCUT2D eigenvalue weighted by molar-refractivity contribution is -0.384. The van der Waals surface area contributed by atoms with Crippen LogP contribution in [0.25, 0.3) is 0 Å². The van der Waals surface area contributed by atoms with Gasteiger partial charge in [0.1, 0.15) is 5.38 Å². The van der Waals surface area contributed by atoms with E-state index in [1.807, 2.05) is 0 Å². The van der Waals surface area contributed by atoms with E-state index in [9.17, 15) is 14.9 Å². The van der Waals surface area contributed by atoms with Gasteiger partial charge in [0.15, 0.2) is 0 Å². The van der Waals surface area contributed by atoms with Gasteiger partial charge in [0.25, 0.3) is 5.69 Å². The Hall–Kier alpha value is -1.33. The minimum atomic E-state index is -0.931. The van der Waals surface area contributed by atoms with Crippen LogP contribution in [-0.2, 0) is 11.2 Å². The number of halogens is 2. The molecule has 0 aliphatic carbocycles. The standard InChI is InChI=1S/C9H8Cl2N2O3/c10-7-2-1-6(13(15)16)3-5(7)4-8(11)9(12)14/h1-3,8H,4H2,(H2,12,14). The van der Waals surface area contributed by atoms with Crippen LogP contribution in [0.3, 0.4) is 0 Å². The molecule has 86 valence electrons. The maximum atomic E-state index is 10.7. The van der Waals surface area contributed by atoms with Crippen LogP contribution in [0, 0.1) is 10.1 Å². The number of carbonyl (C=O) groups excluding carboxylic acids is 1. The fourth-order valence-corrected chi connectivity index (χ4v) is 1.49. The molecule has 5 nitrogen and oxygen atoms in total. The average Bonchev–Trinajstić information content (AvgIpc) is 2.20. The minimum absolute atomic E-state index is 0.0669. The number of hydrogen-bond acceptors (Lipinski definition) is 3. The molecule has 0 heterocycles. The average molecular weight is 263 g/mol. The summed E-state index contributed by atoms with van der Waals surface area (Å²) in [5, 5.41) is 9.91. The van der Waals surface area contributed by atoms with E-state index < -0.39 is 16.2 Å². The summed E-state index contributed by atoms with van der Waals surface area (Å²) < 4.78 is 0. The summed E-state index contributed by atoms with van der Waals surface area (Å²) >= 11 is 11.5. The molecule has 1 rings (SSSR count). The molecule has 0 bridgehead atoms. The van der Waals surface area contributed by atoms with E-state index >= 15 is 0 Å². The summed E-state index contributed by atoms with van der Waals surface area (Å²) in [7, 11) is 0. The zero-order valence-electron chi connectivity index (χ0n) is 8.02. The first-order chi connectivity index (χ1) is 7.41. The lowest BCUT2D eigenvalue weighted by Gasteiger charge is -2.06. The zero-order valence-corrected chi connectivity index (χ0v) is 9.53. The van der Waals surface area contributed by atoms with Crippen molar-refractivity contribution < 1.29 is 9.72 Å². The molecule has 7 heteroatoms. The monoisotopic (exact) mass is 262 g/mol. The van der Waals surface area contributed by atoms with Gasteiger partial charge in [-0.2, -0.15) is 0 Å². The Morgan fingerprint density at radius 2 is 2.19 bits per heavy atom. The highest BCUT2D eigenvalue weighted by atomic mass is 35.5. The van der Waals surface area contributed by atoms with Crippen molar-refractivity contribution >= 4 is 34.8 Å². The van der Waals surface area contributed by atoms with Crippen molar-refractivity contribution in [3.63, 3.8) is 0 Å². The number of alkyl halides is 1. The molecule has 16 heavy (non-hydrogen) atoms. The van der Waals surface area contributed by atoms with Crippen LogP contribution in [0.5, 0.6) is 0 Å². The highest BCUT2D eigenvalue weighted by molar-refractivity contribution is 6.32. The molecule has 1 unspecified atom stereocenters. The summed E-state index contributed by atoms with van der Waals surface area (Å²) in [6, 6.07) is 3.94. The second kappa shape index (κ2) is 5.14. The Morgan fingerprint density at radius 3 is 2.69 bits per heavy atom. The molecule has 2 N–H and O–H groups in total. The van der Waals surface area contributed by atoms with Crippen LogP contribution >= 0.6 is 23.2 Å². The summed E-state index contributed by atoms with van der Waals surface area (Å²) in [6.07, 6.45) is 0.0669. The normalized spacial score (nSPS) is 12.1. The highest BCUT2D eigenvalue weighted by Gasteiger charge is 2.16. The van der Waals surface area contributed by atoms with Crippen molar-refractivity contribution in [2.45, 2.75) is 11.8 Å². The lowest BCUT2D eigenvalue weighted by atomic mass is 10.1. The molecule has 0 spiro atoms. The van der Waals surface area contributed by atoms with E-state index in [1.165, 1.54) is 18.2 Å². The highest BCUT2D eigenvalue weighted by Crippen LogP contribution is 2.24. The Bertz CT molecular complexity index is 437. The van der Waals surface area contributed by atoms with E-state index in [1.54, 1.807) is 0 Å². The summed E-state index contributed by atoms with van der Waals surface area (Å²) in [6.45, 7) is 0. The van der Waals surface area contributed by atoms with Gasteiger partial charge in [-0.1, -0.05) is 11.6 Å². The predicted molar refractivity (Wildman–Crippen MR) is 60.6 cm³/mol. The molecule has 1 aromatic rings. The number of non-ortho nitro benzene ring substituents is 1. The third-order valence-electron chi connectivity index (χ3n) is 1.95. The maximum absolute atomic E-state index is 10.7. The first kappa shape index (κ1) is 12.7. The number of nitro benzene ring substituents is 1. The SMILES string of the molecule is NC(=O)C(Cl)Cc1cc([N+](=O)[O-])ccc1Cl. The van der Waals surface area contributed by atoms with E-state index in [4.69, 9.17) is 28.9 Å². The lowest BCUT2D eigenvalue weighted by Crippen LogP contribution is -2.25.